The fourth-order valence-electron chi connectivity index (χ4n) is 3.82. The number of ether oxygens (including phenoxy) is 3. The molecule has 1 unspecified atom stereocenters. The number of carbonyl (C=O) groups excluding carboxylic acids is 1. The summed E-state index contributed by atoms with van der Waals surface area (Å²) in [7, 11) is 1.57. The molecule has 0 fully saturated rings. The molecule has 0 saturated carbocycles. The molecular formula is C25H26BrClN4O4. The molecule has 0 saturated heterocycles. The van der Waals surface area contributed by atoms with Gasteiger partial charge in [-0.1, -0.05) is 37.1 Å². The van der Waals surface area contributed by atoms with E-state index in [2.05, 4.69) is 31.3 Å². The van der Waals surface area contributed by atoms with Gasteiger partial charge in [-0.2, -0.15) is 10.1 Å². The van der Waals surface area contributed by atoms with E-state index in [1.54, 1.807) is 11.8 Å². The zero-order chi connectivity index (χ0) is 24.9. The zero-order valence-electron chi connectivity index (χ0n) is 19.7. The van der Waals surface area contributed by atoms with Gasteiger partial charge in [0, 0.05) is 10.7 Å². The highest BCUT2D eigenvalue weighted by Crippen LogP contribution is 2.43. The lowest BCUT2D eigenvalue weighted by Gasteiger charge is -2.29. The van der Waals surface area contributed by atoms with Crippen molar-refractivity contribution in [3.63, 3.8) is 0 Å². The van der Waals surface area contributed by atoms with Gasteiger partial charge in [0.15, 0.2) is 11.5 Å². The number of carbonyl (C=O) groups is 1. The minimum absolute atomic E-state index is 0.333. The Kier molecular flexibility index (Phi) is 7.97. The molecule has 35 heavy (non-hydrogen) atoms. The minimum Gasteiger partial charge on any atom is -0.493 e. The predicted octanol–water partition coefficient (Wildman–Crippen LogP) is 5.91. The Labute approximate surface area is 217 Å². The minimum atomic E-state index is -0.557. The number of nitrogens with zero attached hydrogens (tertiary/aromatic N) is 3. The number of halogens is 2. The molecule has 1 atom stereocenters. The number of rotatable bonds is 9. The van der Waals surface area contributed by atoms with Crippen LogP contribution in [0.3, 0.4) is 0 Å². The topological polar surface area (TPSA) is 87.5 Å². The Bertz CT molecular complexity index is 1240. The van der Waals surface area contributed by atoms with Crippen molar-refractivity contribution in [2.45, 2.75) is 39.3 Å². The SMILES string of the molecule is CCCCOC(=O)C1=C(C)Nc2ncnn2C1c1cc(Br)c(OCc2ccc(Cl)cc2)c(OC)c1. The van der Waals surface area contributed by atoms with Crippen LogP contribution in [0.2, 0.25) is 5.02 Å². The second-order valence-electron chi connectivity index (χ2n) is 8.03. The number of hydrogen-bond acceptors (Lipinski definition) is 7. The van der Waals surface area contributed by atoms with Gasteiger partial charge in [0.2, 0.25) is 5.95 Å². The van der Waals surface area contributed by atoms with Crippen LogP contribution >= 0.6 is 27.5 Å². The van der Waals surface area contributed by atoms with Crippen molar-refractivity contribution in [3.05, 3.63) is 74.6 Å². The van der Waals surface area contributed by atoms with Crippen molar-refractivity contribution >= 4 is 39.4 Å². The van der Waals surface area contributed by atoms with Gasteiger partial charge < -0.3 is 19.5 Å². The molecule has 184 valence electrons. The Morgan fingerprint density at radius 1 is 1.26 bits per heavy atom. The van der Waals surface area contributed by atoms with Crippen molar-refractivity contribution in [2.24, 2.45) is 0 Å². The van der Waals surface area contributed by atoms with Crippen LogP contribution in [-0.4, -0.2) is 34.5 Å². The third-order valence-corrected chi connectivity index (χ3v) is 6.45. The maximum atomic E-state index is 13.1. The number of esters is 1. The van der Waals surface area contributed by atoms with Crippen molar-refractivity contribution in [1.82, 2.24) is 14.8 Å². The first-order valence-corrected chi connectivity index (χ1v) is 12.4. The summed E-state index contributed by atoms with van der Waals surface area (Å²) in [6.45, 7) is 4.57. The second-order valence-corrected chi connectivity index (χ2v) is 9.32. The van der Waals surface area contributed by atoms with Crippen molar-refractivity contribution in [3.8, 4) is 11.5 Å². The van der Waals surface area contributed by atoms with Gasteiger partial charge in [0.1, 0.15) is 19.0 Å². The van der Waals surface area contributed by atoms with E-state index in [0.29, 0.717) is 51.4 Å². The normalized spacial score (nSPS) is 14.8. The molecule has 2 aromatic carbocycles. The molecular weight excluding hydrogens is 536 g/mol. The van der Waals surface area contributed by atoms with Crippen molar-refractivity contribution in [1.29, 1.82) is 0 Å². The number of methoxy groups -OCH3 is 1. The number of anilines is 1. The summed E-state index contributed by atoms with van der Waals surface area (Å²) in [6.07, 6.45) is 3.18. The maximum Gasteiger partial charge on any atom is 0.338 e. The predicted molar refractivity (Wildman–Crippen MR) is 137 cm³/mol. The molecule has 1 aromatic heterocycles. The Morgan fingerprint density at radius 2 is 2.03 bits per heavy atom. The van der Waals surface area contributed by atoms with Gasteiger partial charge in [-0.15, -0.1) is 0 Å². The quantitative estimate of drug-likeness (QED) is 0.256. The van der Waals surface area contributed by atoms with Crippen LogP contribution in [0.4, 0.5) is 5.95 Å². The molecule has 0 bridgehead atoms. The van der Waals surface area contributed by atoms with Gasteiger partial charge >= 0.3 is 5.97 Å². The molecule has 1 aliphatic heterocycles. The average Bonchev–Trinajstić information content (AvgIpc) is 3.31. The molecule has 4 rings (SSSR count). The van der Waals surface area contributed by atoms with Crippen LogP contribution < -0.4 is 14.8 Å². The zero-order valence-corrected chi connectivity index (χ0v) is 22.0. The summed E-state index contributed by atoms with van der Waals surface area (Å²) in [5.41, 5.74) is 2.86. The van der Waals surface area contributed by atoms with Crippen LogP contribution in [0, 0.1) is 0 Å². The molecule has 2 heterocycles. The maximum absolute atomic E-state index is 13.1. The molecule has 0 radical (unpaired) electrons. The van der Waals surface area contributed by atoms with Gasteiger partial charge in [0.05, 0.1) is 23.8 Å². The van der Waals surface area contributed by atoms with Gasteiger partial charge in [-0.25, -0.2) is 9.48 Å². The molecule has 0 aliphatic carbocycles. The molecule has 8 nitrogen and oxygen atoms in total. The van der Waals surface area contributed by atoms with Crippen LogP contribution in [0.1, 0.15) is 43.9 Å². The second kappa shape index (κ2) is 11.1. The number of nitrogens with one attached hydrogen (secondary N) is 1. The van der Waals surface area contributed by atoms with Crippen LogP contribution in [0.15, 0.2) is 58.5 Å². The van der Waals surface area contributed by atoms with E-state index in [1.807, 2.05) is 50.2 Å². The van der Waals surface area contributed by atoms with Crippen LogP contribution in [-0.2, 0) is 16.1 Å². The fourth-order valence-corrected chi connectivity index (χ4v) is 4.52. The van der Waals surface area contributed by atoms with E-state index < -0.39 is 12.0 Å². The number of benzene rings is 2. The molecule has 1 aliphatic rings. The Balaban J connectivity index is 1.69. The average molecular weight is 562 g/mol. The lowest BCUT2D eigenvalue weighted by molar-refractivity contribution is -0.139. The Hall–Kier alpha value is -3.04. The van der Waals surface area contributed by atoms with E-state index in [4.69, 9.17) is 25.8 Å². The monoisotopic (exact) mass is 560 g/mol. The van der Waals surface area contributed by atoms with Gasteiger partial charge in [-0.05, 0) is 64.7 Å². The van der Waals surface area contributed by atoms with Crippen LogP contribution in [0.5, 0.6) is 11.5 Å². The first-order valence-electron chi connectivity index (χ1n) is 11.2. The summed E-state index contributed by atoms with van der Waals surface area (Å²) < 4.78 is 19.7. The fraction of sp³-hybridized carbons (Fsp3) is 0.320. The van der Waals surface area contributed by atoms with E-state index in [9.17, 15) is 4.79 Å². The lowest BCUT2D eigenvalue weighted by atomic mass is 9.95. The van der Waals surface area contributed by atoms with Crippen molar-refractivity contribution < 1.29 is 19.0 Å². The number of allylic oxidation sites excluding steroid dienone is 1. The van der Waals surface area contributed by atoms with E-state index in [1.165, 1.54) is 6.33 Å². The molecule has 0 spiro atoms. The van der Waals surface area contributed by atoms with Gasteiger partial charge in [0.25, 0.3) is 0 Å². The molecule has 10 heteroatoms. The standard InChI is InChI=1S/C25H26BrClN4O4/c1-4-5-10-34-24(32)21-15(2)30-25-28-14-29-31(25)22(21)17-11-19(26)23(20(12-17)33-3)35-13-16-6-8-18(27)9-7-16/h6-9,11-12,14,22H,4-5,10,13H2,1-3H3,(H,28,29,30). The summed E-state index contributed by atoms with van der Waals surface area (Å²) in [5.74, 6) is 1.20. The third-order valence-electron chi connectivity index (χ3n) is 5.61. The summed E-state index contributed by atoms with van der Waals surface area (Å²) in [6, 6.07) is 10.6. The Morgan fingerprint density at radius 3 is 2.74 bits per heavy atom. The molecule has 3 aromatic rings. The van der Waals surface area contributed by atoms with E-state index in [0.717, 1.165) is 24.0 Å². The van der Waals surface area contributed by atoms with Gasteiger partial charge in [-0.3, -0.25) is 0 Å². The number of unbranched alkanes of at least 4 members (excludes halogenated alkanes) is 1. The highest BCUT2D eigenvalue weighted by Gasteiger charge is 2.35. The summed E-state index contributed by atoms with van der Waals surface area (Å²) in [4.78, 5) is 17.4. The summed E-state index contributed by atoms with van der Waals surface area (Å²) in [5, 5.41) is 8.19. The number of aromatic nitrogens is 3. The highest BCUT2D eigenvalue weighted by atomic mass is 79.9. The summed E-state index contributed by atoms with van der Waals surface area (Å²) >= 11 is 9.60. The molecule has 1 N–H and O–H groups in total. The highest BCUT2D eigenvalue weighted by molar-refractivity contribution is 9.10. The van der Waals surface area contributed by atoms with Crippen molar-refractivity contribution in [2.75, 3.05) is 19.0 Å². The van der Waals surface area contributed by atoms with E-state index in [-0.39, 0.29) is 0 Å². The molecule has 0 amide bonds. The number of fused-ring (bicyclic) bond motifs is 1. The largest absolute Gasteiger partial charge is 0.493 e. The smallest absolute Gasteiger partial charge is 0.338 e. The lowest BCUT2D eigenvalue weighted by Crippen LogP contribution is -2.30. The van der Waals surface area contributed by atoms with E-state index >= 15 is 0 Å². The van der Waals surface area contributed by atoms with Crippen LogP contribution in [0.25, 0.3) is 0 Å². The third kappa shape index (κ3) is 5.46. The number of hydrogen-bond donors (Lipinski definition) is 1. The first-order chi connectivity index (χ1) is 16.9. The first kappa shape index (κ1) is 25.1.